The topological polar surface area (TPSA) is 33.7 Å². The van der Waals surface area contributed by atoms with E-state index in [0.29, 0.717) is 13.2 Å². The first-order chi connectivity index (χ1) is 10.3. The van der Waals surface area contributed by atoms with Crippen LogP contribution < -0.4 is 14.8 Å². The van der Waals surface area contributed by atoms with Gasteiger partial charge in [0.15, 0.2) is 11.5 Å². The molecule has 1 fully saturated rings. The Morgan fingerprint density at radius 2 is 1.86 bits per heavy atom. The Balaban J connectivity index is 0.00000176. The van der Waals surface area contributed by atoms with Crippen LogP contribution in [-0.2, 0) is 6.54 Å². The number of hydrogen-bond acceptors (Lipinski definition) is 4. The van der Waals surface area contributed by atoms with Gasteiger partial charge in [-0.15, -0.1) is 12.4 Å². The normalized spacial score (nSPS) is 18.8. The van der Waals surface area contributed by atoms with Crippen molar-refractivity contribution in [2.45, 2.75) is 26.3 Å². The summed E-state index contributed by atoms with van der Waals surface area (Å²) in [5.74, 6) is 2.64. The van der Waals surface area contributed by atoms with E-state index in [0.717, 1.165) is 30.5 Å². The van der Waals surface area contributed by atoms with Gasteiger partial charge in [-0.1, -0.05) is 13.0 Å². The Morgan fingerprint density at radius 1 is 1.14 bits per heavy atom. The van der Waals surface area contributed by atoms with Gasteiger partial charge in [-0.25, -0.2) is 0 Å². The zero-order valence-corrected chi connectivity index (χ0v) is 14.2. The molecule has 2 aliphatic heterocycles. The molecule has 3 rings (SSSR count). The van der Waals surface area contributed by atoms with Crippen LogP contribution in [0.3, 0.4) is 0 Å². The highest BCUT2D eigenvalue weighted by Gasteiger charge is 2.19. The van der Waals surface area contributed by atoms with Gasteiger partial charge >= 0.3 is 0 Å². The van der Waals surface area contributed by atoms with E-state index in [-0.39, 0.29) is 12.4 Å². The van der Waals surface area contributed by atoms with E-state index < -0.39 is 0 Å². The molecule has 124 valence electrons. The standard InChI is InChI=1S/C17H26N2O2.ClH/c1-2-18-12-14-5-7-19(8-6-14)13-15-3-4-16-17(11-15)21-10-9-20-16;/h3-4,11,14,18H,2,5-10,12-13H2,1H3;1H. The number of benzene rings is 1. The second-order valence-electron chi connectivity index (χ2n) is 6.01. The highest BCUT2D eigenvalue weighted by molar-refractivity contribution is 5.85. The lowest BCUT2D eigenvalue weighted by Crippen LogP contribution is -2.36. The molecule has 2 heterocycles. The van der Waals surface area contributed by atoms with Crippen molar-refractivity contribution in [2.24, 2.45) is 5.92 Å². The third-order valence-electron chi connectivity index (χ3n) is 4.40. The summed E-state index contributed by atoms with van der Waals surface area (Å²) >= 11 is 0. The predicted octanol–water partition coefficient (Wildman–Crippen LogP) is 2.70. The van der Waals surface area contributed by atoms with Gasteiger partial charge in [0.1, 0.15) is 13.2 Å². The smallest absolute Gasteiger partial charge is 0.161 e. The summed E-state index contributed by atoms with van der Waals surface area (Å²) in [4.78, 5) is 2.55. The Kier molecular flexibility index (Phi) is 6.80. The molecule has 0 amide bonds. The quantitative estimate of drug-likeness (QED) is 0.902. The van der Waals surface area contributed by atoms with E-state index in [9.17, 15) is 0 Å². The Bertz CT molecular complexity index is 462. The zero-order valence-electron chi connectivity index (χ0n) is 13.3. The number of hydrogen-bond donors (Lipinski definition) is 1. The molecule has 1 saturated heterocycles. The van der Waals surface area contributed by atoms with Gasteiger partial charge < -0.3 is 14.8 Å². The number of nitrogens with zero attached hydrogens (tertiary/aromatic N) is 1. The van der Waals surface area contributed by atoms with Gasteiger partial charge in [0.2, 0.25) is 0 Å². The molecule has 0 spiro atoms. The van der Waals surface area contributed by atoms with E-state index in [1.54, 1.807) is 0 Å². The van der Waals surface area contributed by atoms with E-state index in [1.165, 1.54) is 38.0 Å². The minimum absolute atomic E-state index is 0. The van der Waals surface area contributed by atoms with Crippen LogP contribution in [0.15, 0.2) is 18.2 Å². The summed E-state index contributed by atoms with van der Waals surface area (Å²) in [6, 6.07) is 6.35. The lowest BCUT2D eigenvalue weighted by Gasteiger charge is -2.32. The number of nitrogens with one attached hydrogen (secondary N) is 1. The Labute approximate surface area is 139 Å². The maximum absolute atomic E-state index is 5.66. The van der Waals surface area contributed by atoms with Gasteiger partial charge in [0.25, 0.3) is 0 Å². The van der Waals surface area contributed by atoms with E-state index in [1.807, 2.05) is 6.07 Å². The van der Waals surface area contributed by atoms with Crippen LogP contribution in [0, 0.1) is 5.92 Å². The SMILES string of the molecule is CCNCC1CCN(Cc2ccc3c(c2)OCCO3)CC1.Cl. The number of piperidine rings is 1. The number of ether oxygens (including phenoxy) is 2. The van der Waals surface area contributed by atoms with E-state index in [4.69, 9.17) is 9.47 Å². The van der Waals surface area contributed by atoms with Crippen molar-refractivity contribution < 1.29 is 9.47 Å². The molecular formula is C17H27ClN2O2. The first-order valence-electron chi connectivity index (χ1n) is 8.16. The number of halogens is 1. The van der Waals surface area contributed by atoms with Gasteiger partial charge in [-0.2, -0.15) is 0 Å². The van der Waals surface area contributed by atoms with Crippen LogP contribution in [0.4, 0.5) is 0 Å². The van der Waals surface area contributed by atoms with Crippen molar-refractivity contribution in [3.8, 4) is 11.5 Å². The van der Waals surface area contributed by atoms with Crippen molar-refractivity contribution in [3.63, 3.8) is 0 Å². The maximum atomic E-state index is 5.66. The van der Waals surface area contributed by atoms with E-state index in [2.05, 4.69) is 29.3 Å². The minimum Gasteiger partial charge on any atom is -0.486 e. The molecule has 0 aromatic heterocycles. The fourth-order valence-corrected chi connectivity index (χ4v) is 3.14. The zero-order chi connectivity index (χ0) is 14.5. The molecule has 0 unspecified atom stereocenters. The van der Waals surface area contributed by atoms with Crippen molar-refractivity contribution >= 4 is 12.4 Å². The van der Waals surface area contributed by atoms with Gasteiger partial charge in [0.05, 0.1) is 0 Å². The summed E-state index contributed by atoms with van der Waals surface area (Å²) in [5, 5.41) is 3.47. The van der Waals surface area contributed by atoms with E-state index >= 15 is 0 Å². The van der Waals surface area contributed by atoms with Crippen molar-refractivity contribution in [3.05, 3.63) is 23.8 Å². The first kappa shape index (κ1) is 17.4. The van der Waals surface area contributed by atoms with Gasteiger partial charge in [0, 0.05) is 6.54 Å². The molecule has 0 radical (unpaired) electrons. The molecule has 0 aliphatic carbocycles. The Morgan fingerprint density at radius 3 is 2.59 bits per heavy atom. The third-order valence-corrected chi connectivity index (χ3v) is 4.40. The summed E-state index contributed by atoms with van der Waals surface area (Å²) < 4.78 is 11.2. The maximum Gasteiger partial charge on any atom is 0.161 e. The molecule has 1 N–H and O–H groups in total. The fraction of sp³-hybridized carbons (Fsp3) is 0.647. The molecule has 1 aromatic rings. The molecule has 4 nitrogen and oxygen atoms in total. The average molecular weight is 327 g/mol. The second kappa shape index (κ2) is 8.61. The van der Waals surface area contributed by atoms with Crippen molar-refractivity contribution in [1.29, 1.82) is 0 Å². The number of fused-ring (bicyclic) bond motifs is 1. The molecule has 22 heavy (non-hydrogen) atoms. The van der Waals surface area contributed by atoms with Crippen molar-refractivity contribution in [1.82, 2.24) is 10.2 Å². The van der Waals surface area contributed by atoms with Crippen LogP contribution in [0.5, 0.6) is 11.5 Å². The average Bonchev–Trinajstić information content (AvgIpc) is 2.54. The third kappa shape index (κ3) is 4.51. The van der Waals surface area contributed by atoms with Crippen molar-refractivity contribution in [2.75, 3.05) is 39.4 Å². The fourth-order valence-electron chi connectivity index (χ4n) is 3.14. The summed E-state index contributed by atoms with van der Waals surface area (Å²) in [5.41, 5.74) is 1.32. The van der Waals surface area contributed by atoms with Crippen LogP contribution in [0.1, 0.15) is 25.3 Å². The van der Waals surface area contributed by atoms with Crippen LogP contribution in [0.2, 0.25) is 0 Å². The lowest BCUT2D eigenvalue weighted by atomic mass is 9.96. The Hall–Kier alpha value is -0.970. The second-order valence-corrected chi connectivity index (χ2v) is 6.01. The predicted molar refractivity (Wildman–Crippen MR) is 91.2 cm³/mol. The molecule has 0 atom stereocenters. The number of rotatable bonds is 5. The number of likely N-dealkylation sites (tertiary alicyclic amines) is 1. The first-order valence-corrected chi connectivity index (χ1v) is 8.16. The largest absolute Gasteiger partial charge is 0.486 e. The van der Waals surface area contributed by atoms with Crippen LogP contribution >= 0.6 is 12.4 Å². The lowest BCUT2D eigenvalue weighted by molar-refractivity contribution is 0.167. The summed E-state index contributed by atoms with van der Waals surface area (Å²) in [6.45, 7) is 9.17. The monoisotopic (exact) mass is 326 g/mol. The summed E-state index contributed by atoms with van der Waals surface area (Å²) in [7, 11) is 0. The molecule has 5 heteroatoms. The highest BCUT2D eigenvalue weighted by Crippen LogP contribution is 2.31. The molecule has 1 aromatic carbocycles. The molecular weight excluding hydrogens is 300 g/mol. The van der Waals surface area contributed by atoms with Gasteiger partial charge in [-0.05, 0) is 62.6 Å². The highest BCUT2D eigenvalue weighted by atomic mass is 35.5. The molecule has 0 saturated carbocycles. The molecule has 0 bridgehead atoms. The van der Waals surface area contributed by atoms with Crippen LogP contribution in [0.25, 0.3) is 0 Å². The molecule has 2 aliphatic rings. The summed E-state index contributed by atoms with van der Waals surface area (Å²) in [6.07, 6.45) is 2.61. The van der Waals surface area contributed by atoms with Crippen LogP contribution in [-0.4, -0.2) is 44.3 Å². The van der Waals surface area contributed by atoms with Gasteiger partial charge in [-0.3, -0.25) is 4.90 Å². The minimum atomic E-state index is 0.